The van der Waals surface area contributed by atoms with Crippen LogP contribution in [-0.4, -0.2) is 16.6 Å². The van der Waals surface area contributed by atoms with E-state index in [4.69, 9.17) is 11.6 Å². The molecule has 0 aromatic carbocycles. The number of allylic oxidation sites excluding steroid dienone is 5. The predicted octanol–water partition coefficient (Wildman–Crippen LogP) is 4.56. The Bertz CT molecular complexity index is 755. The Morgan fingerprint density at radius 3 is 2.95 bits per heavy atom. The topological polar surface area (TPSA) is 49.7 Å². The normalized spacial score (nSPS) is 18.1. The van der Waals surface area contributed by atoms with E-state index in [1.54, 1.807) is 19.1 Å². The number of hydrogen-bond donors (Lipinski definition) is 1. The maximum Gasteiger partial charge on any atom is 0.203 e. The molecule has 2 aliphatic rings. The molecule has 1 aromatic rings. The molecule has 0 saturated carbocycles. The van der Waals surface area contributed by atoms with Gasteiger partial charge in [-0.15, -0.1) is 11.3 Å². The number of hydrogen-bond acceptors (Lipinski definition) is 4. The molecule has 1 aromatic heterocycles. The lowest BCUT2D eigenvalue weighted by Gasteiger charge is -2.16. The van der Waals surface area contributed by atoms with Crippen LogP contribution in [0.4, 0.5) is 0 Å². The Kier molecular flexibility index (Phi) is 3.44. The van der Waals surface area contributed by atoms with E-state index >= 15 is 0 Å². The summed E-state index contributed by atoms with van der Waals surface area (Å²) in [6, 6.07) is 3.52. The summed E-state index contributed by atoms with van der Waals surface area (Å²) in [7, 11) is 0. The van der Waals surface area contributed by atoms with Crippen LogP contribution in [0.2, 0.25) is 0 Å². The molecule has 0 unspecified atom stereocenters. The summed E-state index contributed by atoms with van der Waals surface area (Å²) in [6.45, 7) is 1.80. The Morgan fingerprint density at radius 2 is 2.30 bits per heavy atom. The number of aliphatic hydroxyl groups is 1. The molecule has 20 heavy (non-hydrogen) atoms. The zero-order valence-corrected chi connectivity index (χ0v) is 13.5. The number of aliphatic imine (C=N–C) groups is 1. The molecule has 1 aliphatic carbocycles. The van der Waals surface area contributed by atoms with Gasteiger partial charge in [-0.1, -0.05) is 11.6 Å². The van der Waals surface area contributed by atoms with Crippen molar-refractivity contribution in [1.29, 1.82) is 0 Å². The number of ketones is 1. The molecular weight excluding hydrogens is 362 g/mol. The molecule has 101 valence electrons. The first-order valence-electron chi connectivity index (χ1n) is 5.78. The van der Waals surface area contributed by atoms with Crippen molar-refractivity contribution >= 4 is 50.4 Å². The van der Waals surface area contributed by atoms with Gasteiger partial charge in [0.2, 0.25) is 5.78 Å². The summed E-state index contributed by atoms with van der Waals surface area (Å²) in [5, 5.41) is 10.3. The number of carbonyl (C=O) groups excluding carboxylic acids is 1. The van der Waals surface area contributed by atoms with E-state index in [-0.39, 0.29) is 28.6 Å². The molecule has 2 heterocycles. The van der Waals surface area contributed by atoms with E-state index in [0.29, 0.717) is 21.9 Å². The largest absolute Gasteiger partial charge is 0.506 e. The molecule has 3 nitrogen and oxygen atoms in total. The number of rotatable bonds is 2. The van der Waals surface area contributed by atoms with Crippen LogP contribution >= 0.6 is 38.9 Å². The first kappa shape index (κ1) is 13.8. The van der Waals surface area contributed by atoms with Crippen LogP contribution in [0.5, 0.6) is 0 Å². The minimum Gasteiger partial charge on any atom is -0.506 e. The number of aliphatic hydroxyl groups excluding tert-OH is 1. The van der Waals surface area contributed by atoms with Crippen LogP contribution in [0.3, 0.4) is 0 Å². The van der Waals surface area contributed by atoms with Gasteiger partial charge in [-0.2, -0.15) is 0 Å². The summed E-state index contributed by atoms with van der Waals surface area (Å²) in [6.07, 6.45) is 3.26. The summed E-state index contributed by atoms with van der Waals surface area (Å²) < 4.78 is 0.864. The fourth-order valence-electron chi connectivity index (χ4n) is 2.12. The van der Waals surface area contributed by atoms with Gasteiger partial charge in [0.05, 0.1) is 25.0 Å². The molecule has 1 radical (unpaired) electrons. The van der Waals surface area contributed by atoms with E-state index in [1.165, 1.54) is 11.3 Å². The average molecular weight is 370 g/mol. The SMILES string of the molecule is CC1=[C]C2=C(Cl)C(O)=C(C(=O)c3ccc(Br)s3)CC2=N1. The van der Waals surface area contributed by atoms with Crippen LogP contribution in [0.15, 0.2) is 48.5 Å². The fourth-order valence-corrected chi connectivity index (χ4v) is 3.75. The number of carbonyl (C=O) groups is 1. The van der Waals surface area contributed by atoms with Gasteiger partial charge in [0.25, 0.3) is 0 Å². The van der Waals surface area contributed by atoms with Crippen molar-refractivity contribution < 1.29 is 9.90 Å². The van der Waals surface area contributed by atoms with E-state index in [1.807, 2.05) is 0 Å². The van der Waals surface area contributed by atoms with Crippen molar-refractivity contribution in [3.8, 4) is 0 Å². The monoisotopic (exact) mass is 368 g/mol. The molecule has 0 saturated heterocycles. The highest BCUT2D eigenvalue weighted by atomic mass is 79.9. The van der Waals surface area contributed by atoms with Gasteiger partial charge in [0, 0.05) is 23.8 Å². The third kappa shape index (κ3) is 2.20. The number of thiophene rings is 1. The lowest BCUT2D eigenvalue weighted by Crippen LogP contribution is -2.16. The molecule has 0 atom stereocenters. The highest BCUT2D eigenvalue weighted by Crippen LogP contribution is 2.36. The van der Waals surface area contributed by atoms with Crippen molar-refractivity contribution in [2.24, 2.45) is 4.99 Å². The van der Waals surface area contributed by atoms with Crippen LogP contribution in [0.1, 0.15) is 23.0 Å². The first-order chi connectivity index (χ1) is 9.47. The third-order valence-corrected chi connectivity index (χ3v) is 5.02. The van der Waals surface area contributed by atoms with Crippen molar-refractivity contribution in [3.63, 3.8) is 0 Å². The second-order valence-corrected chi connectivity index (χ2v) is 7.24. The van der Waals surface area contributed by atoms with E-state index < -0.39 is 0 Å². The van der Waals surface area contributed by atoms with Gasteiger partial charge in [0.15, 0.2) is 0 Å². The van der Waals surface area contributed by atoms with E-state index in [0.717, 1.165) is 3.79 Å². The highest BCUT2D eigenvalue weighted by molar-refractivity contribution is 9.11. The minimum absolute atomic E-state index is 0.144. The second kappa shape index (κ2) is 4.98. The maximum absolute atomic E-state index is 12.4. The van der Waals surface area contributed by atoms with Crippen molar-refractivity contribution in [1.82, 2.24) is 0 Å². The van der Waals surface area contributed by atoms with Crippen molar-refractivity contribution in [2.45, 2.75) is 13.3 Å². The number of halogens is 2. The van der Waals surface area contributed by atoms with Crippen LogP contribution in [0, 0.1) is 6.08 Å². The molecule has 6 heteroatoms. The third-order valence-electron chi connectivity index (χ3n) is 3.03. The van der Waals surface area contributed by atoms with Gasteiger partial charge in [-0.05, 0) is 35.0 Å². The van der Waals surface area contributed by atoms with Crippen molar-refractivity contribution in [3.05, 3.63) is 54.5 Å². The van der Waals surface area contributed by atoms with Gasteiger partial charge in [0.1, 0.15) is 5.76 Å². The van der Waals surface area contributed by atoms with Crippen LogP contribution in [0.25, 0.3) is 0 Å². The molecule has 0 bridgehead atoms. The van der Waals surface area contributed by atoms with E-state index in [2.05, 4.69) is 27.0 Å². The van der Waals surface area contributed by atoms with Crippen LogP contribution < -0.4 is 0 Å². The average Bonchev–Trinajstić information content (AvgIpc) is 2.99. The zero-order valence-electron chi connectivity index (χ0n) is 10.3. The smallest absolute Gasteiger partial charge is 0.203 e. The summed E-state index contributed by atoms with van der Waals surface area (Å²) >= 11 is 10.8. The summed E-state index contributed by atoms with van der Waals surface area (Å²) in [5.74, 6) is -0.389. The van der Waals surface area contributed by atoms with Gasteiger partial charge < -0.3 is 5.11 Å². The minimum atomic E-state index is -0.220. The van der Waals surface area contributed by atoms with Crippen molar-refractivity contribution in [2.75, 3.05) is 0 Å². The van der Waals surface area contributed by atoms with E-state index in [9.17, 15) is 9.90 Å². The molecular formula is C14H8BrClNO2S. The molecule has 1 N–H and O–H groups in total. The number of nitrogens with zero attached hydrogens (tertiary/aromatic N) is 1. The maximum atomic E-state index is 12.4. The molecule has 0 fully saturated rings. The van der Waals surface area contributed by atoms with Gasteiger partial charge in [-0.25, -0.2) is 0 Å². The summed E-state index contributed by atoms with van der Waals surface area (Å²) in [4.78, 5) is 17.3. The first-order valence-corrected chi connectivity index (χ1v) is 7.77. The van der Waals surface area contributed by atoms with Crippen LogP contribution in [-0.2, 0) is 0 Å². The Labute approximate surface area is 133 Å². The number of Topliss-reactive ketones (excluding diaryl/α,β-unsaturated/α-hetero) is 1. The standard InChI is InChI=1S/C14H8BrClNO2S/c1-6-4-7-9(17-6)5-8(14(19)12(7)16)13(18)10-2-3-11(15)20-10/h2-3,19H,5H2,1H3. The van der Waals surface area contributed by atoms with Gasteiger partial charge >= 0.3 is 0 Å². The quantitative estimate of drug-likeness (QED) is 0.777. The lowest BCUT2D eigenvalue weighted by atomic mass is 9.92. The zero-order chi connectivity index (χ0) is 14.4. The molecule has 1 aliphatic heterocycles. The molecule has 0 spiro atoms. The highest BCUT2D eigenvalue weighted by Gasteiger charge is 2.31. The second-order valence-electron chi connectivity index (χ2n) is 4.39. The van der Waals surface area contributed by atoms with Gasteiger partial charge in [-0.3, -0.25) is 9.79 Å². The molecule has 3 rings (SSSR count). The lowest BCUT2D eigenvalue weighted by molar-refractivity contribution is 0.103. The number of fused-ring (bicyclic) bond motifs is 1. The Morgan fingerprint density at radius 1 is 1.55 bits per heavy atom. The Hall–Kier alpha value is -1.17. The Balaban J connectivity index is 2.04. The fraction of sp³-hybridized carbons (Fsp3) is 0.143. The summed E-state index contributed by atoms with van der Waals surface area (Å²) in [5.41, 5.74) is 2.26. The predicted molar refractivity (Wildman–Crippen MR) is 83.4 cm³/mol. The molecule has 0 amide bonds.